The summed E-state index contributed by atoms with van der Waals surface area (Å²) in [5.74, 6) is -0.697. The van der Waals surface area contributed by atoms with E-state index in [0.717, 1.165) is 26.1 Å². The van der Waals surface area contributed by atoms with Crippen molar-refractivity contribution in [1.82, 2.24) is 10.6 Å². The van der Waals surface area contributed by atoms with E-state index in [2.05, 4.69) is 10.6 Å². The molecule has 1 saturated heterocycles. The van der Waals surface area contributed by atoms with Crippen LogP contribution in [0.5, 0.6) is 0 Å². The number of carbonyl (C=O) groups is 2. The zero-order valence-corrected chi connectivity index (χ0v) is 11.3. The second-order valence-corrected chi connectivity index (χ2v) is 4.66. The number of nitrogens with one attached hydrogen (secondary N) is 2. The van der Waals surface area contributed by atoms with Gasteiger partial charge in [-0.15, -0.1) is 0 Å². The smallest absolute Gasteiger partial charge is 0.334 e. The maximum atomic E-state index is 11.6. The van der Waals surface area contributed by atoms with Gasteiger partial charge in [-0.25, -0.2) is 9.59 Å². The molecule has 0 radical (unpaired) electrons. The predicted octanol–water partition coefficient (Wildman–Crippen LogP) is 0.200. The summed E-state index contributed by atoms with van der Waals surface area (Å²) in [7, 11) is 1.29. The Morgan fingerprint density at radius 3 is 2.58 bits per heavy atom. The molecule has 3 N–H and O–H groups in total. The Morgan fingerprint density at radius 2 is 2.05 bits per heavy atom. The summed E-state index contributed by atoms with van der Waals surface area (Å²) in [5, 5.41) is 14.1. The number of carbonyl (C=O) groups excluding carboxylic acids is 1. The molecule has 0 spiro atoms. The van der Waals surface area contributed by atoms with Gasteiger partial charge in [-0.1, -0.05) is 0 Å². The highest BCUT2D eigenvalue weighted by Gasteiger charge is 2.22. The molecule has 0 aromatic rings. The first-order valence-corrected chi connectivity index (χ1v) is 6.42. The molecule has 1 fully saturated rings. The molecule has 110 valence electrons. The minimum Gasteiger partial charge on any atom is -0.479 e. The molecule has 1 rings (SSSR count). The normalized spacial score (nSPS) is 19.5. The number of rotatable bonds is 6. The van der Waals surface area contributed by atoms with Crippen molar-refractivity contribution in [2.75, 3.05) is 26.9 Å². The van der Waals surface area contributed by atoms with Crippen molar-refractivity contribution in [2.45, 2.75) is 31.9 Å². The first-order valence-electron chi connectivity index (χ1n) is 6.42. The SMILES string of the molecule is COC(CNC(=O)NC(C)C1CCOCC1)C(=O)O. The number of carboxylic acids is 1. The topological polar surface area (TPSA) is 96.9 Å². The Hall–Kier alpha value is -1.34. The molecule has 1 heterocycles. The third-order valence-electron chi connectivity index (χ3n) is 3.34. The fraction of sp³-hybridized carbons (Fsp3) is 0.833. The molecule has 1 aliphatic heterocycles. The van der Waals surface area contributed by atoms with Crippen LogP contribution in [0.25, 0.3) is 0 Å². The second-order valence-electron chi connectivity index (χ2n) is 4.66. The molecule has 2 atom stereocenters. The molecule has 7 nitrogen and oxygen atoms in total. The molecular weight excluding hydrogens is 252 g/mol. The minimum atomic E-state index is -1.10. The third kappa shape index (κ3) is 5.44. The number of amides is 2. The summed E-state index contributed by atoms with van der Waals surface area (Å²) < 4.78 is 9.99. The molecular formula is C12H22N2O5. The number of carboxylic acid groups (broad SMARTS) is 1. The molecule has 0 aromatic carbocycles. The average Bonchev–Trinajstić information content (AvgIpc) is 2.40. The van der Waals surface area contributed by atoms with Crippen LogP contribution in [0.4, 0.5) is 4.79 Å². The first-order chi connectivity index (χ1) is 9.04. The van der Waals surface area contributed by atoms with Crippen molar-refractivity contribution < 1.29 is 24.2 Å². The van der Waals surface area contributed by atoms with Crippen molar-refractivity contribution >= 4 is 12.0 Å². The molecule has 0 aliphatic carbocycles. The van der Waals surface area contributed by atoms with Crippen molar-refractivity contribution in [1.29, 1.82) is 0 Å². The van der Waals surface area contributed by atoms with Gasteiger partial charge in [0, 0.05) is 26.4 Å². The van der Waals surface area contributed by atoms with E-state index in [-0.39, 0.29) is 18.6 Å². The Balaban J connectivity index is 2.27. The maximum absolute atomic E-state index is 11.6. The summed E-state index contributed by atoms with van der Waals surface area (Å²) in [6.07, 6.45) is 0.832. The Morgan fingerprint density at radius 1 is 1.42 bits per heavy atom. The number of hydrogen-bond acceptors (Lipinski definition) is 4. The molecule has 0 aromatic heterocycles. The van der Waals surface area contributed by atoms with Crippen molar-refractivity contribution in [3.05, 3.63) is 0 Å². The Labute approximate surface area is 112 Å². The fourth-order valence-electron chi connectivity index (χ4n) is 2.05. The van der Waals surface area contributed by atoms with E-state index in [9.17, 15) is 9.59 Å². The van der Waals surface area contributed by atoms with E-state index < -0.39 is 12.1 Å². The molecule has 19 heavy (non-hydrogen) atoms. The maximum Gasteiger partial charge on any atom is 0.334 e. The molecule has 1 aliphatic rings. The van der Waals surface area contributed by atoms with Gasteiger partial charge in [-0.05, 0) is 25.7 Å². The number of ether oxygens (including phenoxy) is 2. The zero-order chi connectivity index (χ0) is 14.3. The molecule has 0 saturated carbocycles. The monoisotopic (exact) mass is 274 g/mol. The van der Waals surface area contributed by atoms with E-state index in [1.54, 1.807) is 0 Å². The predicted molar refractivity (Wildman–Crippen MR) is 68.0 cm³/mol. The van der Waals surface area contributed by atoms with E-state index in [1.807, 2.05) is 6.92 Å². The Bertz CT molecular complexity index is 304. The van der Waals surface area contributed by atoms with Gasteiger partial charge < -0.3 is 25.2 Å². The van der Waals surface area contributed by atoms with E-state index in [1.165, 1.54) is 7.11 Å². The van der Waals surface area contributed by atoms with Crippen LogP contribution in [-0.2, 0) is 14.3 Å². The van der Waals surface area contributed by atoms with Gasteiger partial charge in [0.1, 0.15) is 0 Å². The van der Waals surface area contributed by atoms with Crippen molar-refractivity contribution in [3.8, 4) is 0 Å². The van der Waals surface area contributed by atoms with E-state index in [0.29, 0.717) is 5.92 Å². The van der Waals surface area contributed by atoms with Crippen LogP contribution in [0.15, 0.2) is 0 Å². The highest BCUT2D eigenvalue weighted by molar-refractivity contribution is 5.77. The van der Waals surface area contributed by atoms with Crippen LogP contribution in [-0.4, -0.2) is 56.1 Å². The van der Waals surface area contributed by atoms with Crippen LogP contribution < -0.4 is 10.6 Å². The highest BCUT2D eigenvalue weighted by atomic mass is 16.5. The van der Waals surface area contributed by atoms with Crippen molar-refractivity contribution in [2.24, 2.45) is 5.92 Å². The molecule has 2 amide bonds. The molecule has 7 heteroatoms. The zero-order valence-electron chi connectivity index (χ0n) is 11.3. The number of urea groups is 1. The van der Waals surface area contributed by atoms with Gasteiger partial charge in [-0.2, -0.15) is 0 Å². The largest absolute Gasteiger partial charge is 0.479 e. The first kappa shape index (κ1) is 15.7. The minimum absolute atomic E-state index is 0.0368. The molecule has 0 bridgehead atoms. The number of methoxy groups -OCH3 is 1. The van der Waals surface area contributed by atoms with Gasteiger partial charge in [0.25, 0.3) is 0 Å². The Kier molecular flexibility index (Phi) is 6.58. The van der Waals surface area contributed by atoms with Crippen LogP contribution in [0.3, 0.4) is 0 Å². The van der Waals surface area contributed by atoms with Gasteiger partial charge in [0.15, 0.2) is 6.10 Å². The quantitative estimate of drug-likeness (QED) is 0.643. The van der Waals surface area contributed by atoms with Gasteiger partial charge in [0.05, 0.1) is 6.54 Å². The van der Waals surface area contributed by atoms with Gasteiger partial charge >= 0.3 is 12.0 Å². The van der Waals surface area contributed by atoms with Crippen LogP contribution in [0.2, 0.25) is 0 Å². The standard InChI is InChI=1S/C12H22N2O5/c1-8(9-3-5-19-6-4-9)14-12(17)13-7-10(18-2)11(15)16/h8-10H,3-7H2,1-2H3,(H,15,16)(H2,13,14,17). The number of hydrogen-bond donors (Lipinski definition) is 3. The lowest BCUT2D eigenvalue weighted by molar-refractivity contribution is -0.147. The van der Waals surface area contributed by atoms with E-state index >= 15 is 0 Å². The summed E-state index contributed by atoms with van der Waals surface area (Å²) in [6, 6.07) is -0.336. The summed E-state index contributed by atoms with van der Waals surface area (Å²) in [6.45, 7) is 3.34. The van der Waals surface area contributed by atoms with Crippen molar-refractivity contribution in [3.63, 3.8) is 0 Å². The summed E-state index contributed by atoms with van der Waals surface area (Å²) >= 11 is 0. The second kappa shape index (κ2) is 7.96. The lowest BCUT2D eigenvalue weighted by Crippen LogP contribution is -2.48. The lowest BCUT2D eigenvalue weighted by Gasteiger charge is -2.28. The summed E-state index contributed by atoms with van der Waals surface area (Å²) in [5.41, 5.74) is 0. The fourth-order valence-corrected chi connectivity index (χ4v) is 2.05. The van der Waals surface area contributed by atoms with Gasteiger partial charge in [-0.3, -0.25) is 0 Å². The lowest BCUT2D eigenvalue weighted by atomic mass is 9.93. The molecule has 2 unspecified atom stereocenters. The van der Waals surface area contributed by atoms with Gasteiger partial charge in [0.2, 0.25) is 0 Å². The van der Waals surface area contributed by atoms with E-state index in [4.69, 9.17) is 14.6 Å². The summed E-state index contributed by atoms with van der Waals surface area (Å²) in [4.78, 5) is 22.3. The van der Waals surface area contributed by atoms with Crippen LogP contribution in [0, 0.1) is 5.92 Å². The van der Waals surface area contributed by atoms with Crippen LogP contribution >= 0.6 is 0 Å². The highest BCUT2D eigenvalue weighted by Crippen LogP contribution is 2.18. The van der Waals surface area contributed by atoms with Crippen LogP contribution in [0.1, 0.15) is 19.8 Å². The number of aliphatic carboxylic acids is 1. The third-order valence-corrected chi connectivity index (χ3v) is 3.34. The average molecular weight is 274 g/mol.